The van der Waals surface area contributed by atoms with Gasteiger partial charge in [-0.15, -0.1) is 6.58 Å². The third-order valence-corrected chi connectivity index (χ3v) is 3.14. The molecule has 0 bridgehead atoms. The Balaban J connectivity index is 1.91. The SMILES string of the molecule is C=CCNC(=O)N1CCCC(Oc2ccnc(OC)n2)C1. The molecular weight excluding hydrogens is 272 g/mol. The van der Waals surface area contributed by atoms with E-state index in [-0.39, 0.29) is 18.1 Å². The summed E-state index contributed by atoms with van der Waals surface area (Å²) in [4.78, 5) is 21.7. The summed E-state index contributed by atoms with van der Waals surface area (Å²) in [5, 5.41) is 2.77. The monoisotopic (exact) mass is 292 g/mol. The first-order valence-electron chi connectivity index (χ1n) is 6.90. The summed E-state index contributed by atoms with van der Waals surface area (Å²) in [6.45, 7) is 5.31. The molecule has 114 valence electrons. The van der Waals surface area contributed by atoms with Gasteiger partial charge in [0.05, 0.1) is 13.7 Å². The minimum atomic E-state index is -0.0940. The topological polar surface area (TPSA) is 76.6 Å². The molecule has 1 aliphatic rings. The summed E-state index contributed by atoms with van der Waals surface area (Å²) in [6.07, 6.45) is 4.95. The lowest BCUT2D eigenvalue weighted by Gasteiger charge is -2.32. The molecule has 2 rings (SSSR count). The molecule has 2 heterocycles. The molecular formula is C14H20N4O3. The minimum absolute atomic E-state index is 0.0761. The summed E-state index contributed by atoms with van der Waals surface area (Å²) >= 11 is 0. The number of aromatic nitrogens is 2. The van der Waals surface area contributed by atoms with Crippen molar-refractivity contribution in [3.8, 4) is 11.9 Å². The van der Waals surface area contributed by atoms with E-state index in [0.717, 1.165) is 19.4 Å². The first-order valence-corrected chi connectivity index (χ1v) is 6.90. The number of methoxy groups -OCH3 is 1. The predicted octanol–water partition coefficient (Wildman–Crippen LogP) is 1.22. The van der Waals surface area contributed by atoms with Gasteiger partial charge in [0.1, 0.15) is 6.10 Å². The zero-order valence-electron chi connectivity index (χ0n) is 12.1. The zero-order chi connectivity index (χ0) is 15.1. The van der Waals surface area contributed by atoms with Crippen molar-refractivity contribution in [3.05, 3.63) is 24.9 Å². The summed E-state index contributed by atoms with van der Waals surface area (Å²) in [6, 6.07) is 1.85. The summed E-state index contributed by atoms with van der Waals surface area (Å²) in [5.74, 6) is 0.459. The molecule has 0 spiro atoms. The molecule has 1 fully saturated rings. The van der Waals surface area contributed by atoms with Crippen molar-refractivity contribution >= 4 is 6.03 Å². The fourth-order valence-corrected chi connectivity index (χ4v) is 2.15. The van der Waals surface area contributed by atoms with Gasteiger partial charge < -0.3 is 19.7 Å². The Kier molecular flexibility index (Phi) is 5.36. The Labute approximate surface area is 124 Å². The minimum Gasteiger partial charge on any atom is -0.472 e. The normalized spacial score (nSPS) is 18.0. The number of hydrogen-bond acceptors (Lipinski definition) is 5. The van der Waals surface area contributed by atoms with E-state index in [2.05, 4.69) is 21.9 Å². The van der Waals surface area contributed by atoms with E-state index in [1.807, 2.05) is 0 Å². The zero-order valence-corrected chi connectivity index (χ0v) is 12.1. The molecule has 1 aromatic heterocycles. The van der Waals surface area contributed by atoms with Crippen LogP contribution in [-0.2, 0) is 0 Å². The van der Waals surface area contributed by atoms with Crippen LogP contribution >= 0.6 is 0 Å². The van der Waals surface area contributed by atoms with Crippen molar-refractivity contribution in [1.29, 1.82) is 0 Å². The van der Waals surface area contributed by atoms with Crippen molar-refractivity contribution in [2.24, 2.45) is 0 Å². The van der Waals surface area contributed by atoms with Gasteiger partial charge in [-0.05, 0) is 12.8 Å². The highest BCUT2D eigenvalue weighted by molar-refractivity contribution is 5.74. The number of hydrogen-bond donors (Lipinski definition) is 1. The van der Waals surface area contributed by atoms with Gasteiger partial charge in [-0.25, -0.2) is 9.78 Å². The quantitative estimate of drug-likeness (QED) is 0.826. The van der Waals surface area contributed by atoms with Crippen molar-refractivity contribution in [3.63, 3.8) is 0 Å². The van der Waals surface area contributed by atoms with Crippen molar-refractivity contribution in [2.75, 3.05) is 26.7 Å². The Morgan fingerprint density at radius 1 is 1.67 bits per heavy atom. The Morgan fingerprint density at radius 3 is 3.29 bits per heavy atom. The van der Waals surface area contributed by atoms with E-state index >= 15 is 0 Å². The second kappa shape index (κ2) is 7.47. The van der Waals surface area contributed by atoms with Gasteiger partial charge >= 0.3 is 12.0 Å². The van der Waals surface area contributed by atoms with Crippen LogP contribution < -0.4 is 14.8 Å². The molecule has 1 N–H and O–H groups in total. The second-order valence-corrected chi connectivity index (χ2v) is 4.68. The number of rotatable bonds is 5. The standard InChI is InChI=1S/C14H20N4O3/c1-3-7-16-14(19)18-9-4-5-11(10-18)21-12-6-8-15-13(17-12)20-2/h3,6,8,11H,1,4-5,7,9-10H2,2H3,(H,16,19). The third kappa shape index (κ3) is 4.34. The van der Waals surface area contributed by atoms with E-state index in [1.165, 1.54) is 7.11 Å². The number of carbonyl (C=O) groups is 1. The van der Waals surface area contributed by atoms with E-state index in [9.17, 15) is 4.79 Å². The van der Waals surface area contributed by atoms with Gasteiger partial charge in [0.15, 0.2) is 0 Å². The third-order valence-electron chi connectivity index (χ3n) is 3.14. The van der Waals surface area contributed by atoms with E-state index in [1.54, 1.807) is 23.2 Å². The van der Waals surface area contributed by atoms with Crippen LogP contribution in [-0.4, -0.2) is 53.7 Å². The van der Waals surface area contributed by atoms with Crippen LogP contribution in [0.2, 0.25) is 0 Å². The first kappa shape index (κ1) is 15.1. The molecule has 1 aromatic rings. The largest absolute Gasteiger partial charge is 0.472 e. The van der Waals surface area contributed by atoms with E-state index < -0.39 is 0 Å². The average molecular weight is 292 g/mol. The van der Waals surface area contributed by atoms with E-state index in [4.69, 9.17) is 9.47 Å². The fraction of sp³-hybridized carbons (Fsp3) is 0.500. The Hall–Kier alpha value is -2.31. The maximum absolute atomic E-state index is 11.9. The van der Waals surface area contributed by atoms with Crippen molar-refractivity contribution in [2.45, 2.75) is 18.9 Å². The predicted molar refractivity (Wildman–Crippen MR) is 77.4 cm³/mol. The smallest absolute Gasteiger partial charge is 0.319 e. The summed E-state index contributed by atoms with van der Waals surface area (Å²) < 4.78 is 10.8. The van der Waals surface area contributed by atoms with Gasteiger partial charge in [0, 0.05) is 25.4 Å². The molecule has 1 saturated heterocycles. The number of amides is 2. The molecule has 1 atom stereocenters. The van der Waals surface area contributed by atoms with Crippen LogP contribution in [0.5, 0.6) is 11.9 Å². The van der Waals surface area contributed by atoms with Gasteiger partial charge in [0.2, 0.25) is 5.88 Å². The number of likely N-dealkylation sites (tertiary alicyclic amines) is 1. The summed E-state index contributed by atoms with van der Waals surface area (Å²) in [5.41, 5.74) is 0. The van der Waals surface area contributed by atoms with Crippen molar-refractivity contribution in [1.82, 2.24) is 20.2 Å². The molecule has 0 aliphatic carbocycles. The molecule has 0 aromatic carbocycles. The van der Waals surface area contributed by atoms with Gasteiger partial charge in [0.25, 0.3) is 0 Å². The van der Waals surface area contributed by atoms with Crippen LogP contribution in [0.1, 0.15) is 12.8 Å². The maximum atomic E-state index is 11.9. The van der Waals surface area contributed by atoms with Crippen LogP contribution in [0, 0.1) is 0 Å². The van der Waals surface area contributed by atoms with Crippen LogP contribution in [0.15, 0.2) is 24.9 Å². The van der Waals surface area contributed by atoms with Crippen molar-refractivity contribution < 1.29 is 14.3 Å². The lowest BCUT2D eigenvalue weighted by Crippen LogP contribution is -2.48. The molecule has 21 heavy (non-hydrogen) atoms. The van der Waals surface area contributed by atoms with Gasteiger partial charge in [-0.2, -0.15) is 4.98 Å². The molecule has 2 amide bonds. The lowest BCUT2D eigenvalue weighted by atomic mass is 10.1. The van der Waals surface area contributed by atoms with Crippen LogP contribution in [0.3, 0.4) is 0 Å². The number of urea groups is 1. The summed E-state index contributed by atoms with van der Waals surface area (Å²) in [7, 11) is 1.51. The maximum Gasteiger partial charge on any atom is 0.319 e. The second-order valence-electron chi connectivity index (χ2n) is 4.68. The first-order chi connectivity index (χ1) is 10.2. The molecule has 7 nitrogen and oxygen atoms in total. The highest BCUT2D eigenvalue weighted by Gasteiger charge is 2.25. The number of nitrogens with one attached hydrogen (secondary N) is 1. The Morgan fingerprint density at radius 2 is 2.52 bits per heavy atom. The van der Waals surface area contributed by atoms with Gasteiger partial charge in [-0.3, -0.25) is 0 Å². The number of carbonyl (C=O) groups excluding carboxylic acids is 1. The highest BCUT2D eigenvalue weighted by atomic mass is 16.5. The molecule has 1 unspecified atom stereocenters. The fourth-order valence-electron chi connectivity index (χ4n) is 2.15. The molecule has 7 heteroatoms. The number of piperidine rings is 1. The average Bonchev–Trinajstić information content (AvgIpc) is 2.53. The van der Waals surface area contributed by atoms with Crippen LogP contribution in [0.25, 0.3) is 0 Å². The molecule has 0 saturated carbocycles. The molecule has 0 radical (unpaired) electrons. The Bertz CT molecular complexity index is 495. The number of nitrogens with zero attached hydrogens (tertiary/aromatic N) is 3. The number of ether oxygens (including phenoxy) is 2. The van der Waals surface area contributed by atoms with E-state index in [0.29, 0.717) is 19.0 Å². The highest BCUT2D eigenvalue weighted by Crippen LogP contribution is 2.17. The lowest BCUT2D eigenvalue weighted by molar-refractivity contribution is 0.0974. The van der Waals surface area contributed by atoms with Gasteiger partial charge in [-0.1, -0.05) is 6.08 Å². The van der Waals surface area contributed by atoms with Crippen LogP contribution in [0.4, 0.5) is 4.79 Å². The molecule has 1 aliphatic heterocycles.